The molecule has 0 amide bonds. The molecule has 1 radical (unpaired) electrons. The fourth-order valence-electron chi connectivity index (χ4n) is 1.13. The minimum absolute atomic E-state index is 0.168. The van der Waals surface area contributed by atoms with E-state index in [0.29, 0.717) is 16.5 Å². The largest absolute Gasteiger partial charge is 0.508 e. The van der Waals surface area contributed by atoms with Gasteiger partial charge in [-0.15, -0.1) is 0 Å². The van der Waals surface area contributed by atoms with Crippen LogP contribution in [0.25, 0.3) is 0 Å². The van der Waals surface area contributed by atoms with E-state index in [9.17, 15) is 5.11 Å². The van der Waals surface area contributed by atoms with Crippen molar-refractivity contribution < 1.29 is 9.84 Å². The van der Waals surface area contributed by atoms with Crippen LogP contribution in [-0.4, -0.2) is 5.11 Å². The molecule has 0 saturated heterocycles. The van der Waals surface area contributed by atoms with E-state index in [4.69, 9.17) is 16.3 Å². The number of phenolic OH excluding ortho intramolecular Hbond substituents is 1. The van der Waals surface area contributed by atoms with Crippen LogP contribution < -0.4 is 4.74 Å². The van der Waals surface area contributed by atoms with Gasteiger partial charge in [0, 0.05) is 17.2 Å². The molecule has 2 aromatic rings. The summed E-state index contributed by atoms with van der Waals surface area (Å²) in [5.41, 5.74) is 0. The number of phenols is 1. The van der Waals surface area contributed by atoms with Crippen LogP contribution in [0.3, 0.4) is 0 Å². The van der Waals surface area contributed by atoms with E-state index in [-0.39, 0.29) is 5.75 Å². The number of aromatic hydroxyl groups is 1. The summed E-state index contributed by atoms with van der Waals surface area (Å²) in [4.78, 5) is 0. The fourth-order valence-corrected chi connectivity index (χ4v) is 1.25. The zero-order chi connectivity index (χ0) is 10.7. The van der Waals surface area contributed by atoms with Gasteiger partial charge in [0.05, 0.1) is 0 Å². The Bertz CT molecular complexity index is 451. The van der Waals surface area contributed by atoms with Crippen LogP contribution in [0.1, 0.15) is 0 Å². The van der Waals surface area contributed by atoms with Gasteiger partial charge in [-0.25, -0.2) is 0 Å². The predicted molar refractivity (Wildman–Crippen MR) is 58.5 cm³/mol. The van der Waals surface area contributed by atoms with Crippen molar-refractivity contribution in [2.24, 2.45) is 0 Å². The summed E-state index contributed by atoms with van der Waals surface area (Å²) in [5, 5.41) is 9.83. The molecule has 3 heteroatoms. The Morgan fingerprint density at radius 1 is 1.20 bits per heavy atom. The average Bonchev–Trinajstić information content (AvgIpc) is 2.22. The van der Waals surface area contributed by atoms with Gasteiger partial charge in [0.1, 0.15) is 17.2 Å². The molecule has 1 N–H and O–H groups in total. The molecule has 2 rings (SSSR count). The maximum atomic E-state index is 9.22. The highest BCUT2D eigenvalue weighted by Gasteiger charge is 1.98. The van der Waals surface area contributed by atoms with Gasteiger partial charge in [-0.2, -0.15) is 0 Å². The maximum Gasteiger partial charge on any atom is 0.135 e. The molecule has 2 nitrogen and oxygen atoms in total. The Kier molecular flexibility index (Phi) is 2.79. The summed E-state index contributed by atoms with van der Waals surface area (Å²) >= 11 is 5.71. The molecule has 0 unspecified atom stereocenters. The van der Waals surface area contributed by atoms with Gasteiger partial charge in [0.2, 0.25) is 0 Å². The first-order chi connectivity index (χ1) is 7.24. The third kappa shape index (κ3) is 2.64. The Morgan fingerprint density at radius 2 is 2.07 bits per heavy atom. The Balaban J connectivity index is 2.18. The van der Waals surface area contributed by atoms with Gasteiger partial charge in [0.15, 0.2) is 0 Å². The smallest absolute Gasteiger partial charge is 0.135 e. The van der Waals surface area contributed by atoms with E-state index in [0.717, 1.165) is 0 Å². The van der Waals surface area contributed by atoms with E-state index >= 15 is 0 Å². The Morgan fingerprint density at radius 3 is 2.73 bits per heavy atom. The summed E-state index contributed by atoms with van der Waals surface area (Å²) in [5.74, 6) is 1.29. The Labute approximate surface area is 92.7 Å². The third-order valence-electron chi connectivity index (χ3n) is 1.79. The minimum Gasteiger partial charge on any atom is -0.508 e. The zero-order valence-electron chi connectivity index (χ0n) is 7.77. The summed E-state index contributed by atoms with van der Waals surface area (Å²) in [6.07, 6.45) is 0. The lowest BCUT2D eigenvalue weighted by Gasteiger charge is -2.04. The lowest BCUT2D eigenvalue weighted by molar-refractivity contribution is 0.455. The molecular weight excluding hydrogens is 212 g/mol. The summed E-state index contributed by atoms with van der Waals surface area (Å²) in [7, 11) is 0. The molecule has 0 aromatic heterocycles. The molecule has 2 aromatic carbocycles. The molecule has 0 atom stereocenters. The second-order valence-corrected chi connectivity index (χ2v) is 3.41. The molecule has 0 heterocycles. The lowest BCUT2D eigenvalue weighted by atomic mass is 10.3. The fraction of sp³-hybridized carbons (Fsp3) is 0. The highest BCUT2D eigenvalue weighted by molar-refractivity contribution is 6.30. The van der Waals surface area contributed by atoms with Crippen LogP contribution in [0.4, 0.5) is 0 Å². The maximum absolute atomic E-state index is 9.22. The van der Waals surface area contributed by atoms with Crippen molar-refractivity contribution in [2.75, 3.05) is 0 Å². The number of halogens is 1. The molecule has 0 aliphatic carbocycles. The third-order valence-corrected chi connectivity index (χ3v) is 2.03. The minimum atomic E-state index is 0.168. The number of hydrogen-bond donors (Lipinski definition) is 1. The molecule has 0 bridgehead atoms. The van der Waals surface area contributed by atoms with Crippen LogP contribution in [0.15, 0.2) is 42.5 Å². The van der Waals surface area contributed by atoms with Crippen LogP contribution in [0.2, 0.25) is 5.02 Å². The molecule has 15 heavy (non-hydrogen) atoms. The second-order valence-electron chi connectivity index (χ2n) is 2.97. The quantitative estimate of drug-likeness (QED) is 0.836. The summed E-state index contributed by atoms with van der Waals surface area (Å²) < 4.78 is 5.44. The summed E-state index contributed by atoms with van der Waals surface area (Å²) in [6.45, 7) is 0. The number of ether oxygens (including phenoxy) is 1. The average molecular weight is 220 g/mol. The SMILES string of the molecule is Oc1cccc(Oc2[c]cc(Cl)cc2)c1. The van der Waals surface area contributed by atoms with Crippen LogP contribution in [-0.2, 0) is 0 Å². The van der Waals surface area contributed by atoms with Crippen molar-refractivity contribution in [3.05, 3.63) is 53.6 Å². The van der Waals surface area contributed by atoms with Gasteiger partial charge in [-0.05, 0) is 30.3 Å². The van der Waals surface area contributed by atoms with Crippen molar-refractivity contribution >= 4 is 11.6 Å². The van der Waals surface area contributed by atoms with Crippen LogP contribution in [0, 0.1) is 6.07 Å². The molecule has 75 valence electrons. The van der Waals surface area contributed by atoms with Crippen LogP contribution >= 0.6 is 11.6 Å². The van der Waals surface area contributed by atoms with E-state index in [1.807, 2.05) is 0 Å². The summed E-state index contributed by atoms with van der Waals surface area (Å²) in [6, 6.07) is 14.5. The lowest BCUT2D eigenvalue weighted by Crippen LogP contribution is -1.83. The van der Waals surface area contributed by atoms with Crippen molar-refractivity contribution in [1.82, 2.24) is 0 Å². The van der Waals surface area contributed by atoms with Gasteiger partial charge in [-0.3, -0.25) is 0 Å². The first kappa shape index (κ1) is 9.87. The van der Waals surface area contributed by atoms with E-state index < -0.39 is 0 Å². The first-order valence-electron chi connectivity index (χ1n) is 4.38. The van der Waals surface area contributed by atoms with Gasteiger partial charge in [0.25, 0.3) is 0 Å². The number of benzene rings is 2. The normalized spacial score (nSPS) is 9.93. The molecular formula is C12H8ClO2. The van der Waals surface area contributed by atoms with Crippen LogP contribution in [0.5, 0.6) is 17.2 Å². The van der Waals surface area contributed by atoms with Crippen molar-refractivity contribution in [3.8, 4) is 17.2 Å². The molecule has 0 spiro atoms. The van der Waals surface area contributed by atoms with E-state index in [1.54, 1.807) is 36.4 Å². The molecule has 0 saturated carbocycles. The molecule has 0 fully saturated rings. The van der Waals surface area contributed by atoms with Crippen molar-refractivity contribution in [3.63, 3.8) is 0 Å². The van der Waals surface area contributed by atoms with E-state index in [2.05, 4.69) is 6.07 Å². The Hall–Kier alpha value is -1.67. The standard InChI is InChI=1S/C12H8ClO2/c13-9-4-6-11(7-5-9)15-12-3-1-2-10(14)8-12/h1-6,8,14H. The van der Waals surface area contributed by atoms with Gasteiger partial charge < -0.3 is 9.84 Å². The van der Waals surface area contributed by atoms with Crippen molar-refractivity contribution in [1.29, 1.82) is 0 Å². The highest BCUT2D eigenvalue weighted by Crippen LogP contribution is 2.24. The zero-order valence-corrected chi connectivity index (χ0v) is 8.53. The van der Waals surface area contributed by atoms with Gasteiger partial charge >= 0.3 is 0 Å². The van der Waals surface area contributed by atoms with Crippen molar-refractivity contribution in [2.45, 2.75) is 0 Å². The number of rotatable bonds is 2. The monoisotopic (exact) mass is 219 g/mol. The van der Waals surface area contributed by atoms with E-state index in [1.165, 1.54) is 6.07 Å². The molecule has 0 aliphatic heterocycles. The second kappa shape index (κ2) is 4.24. The first-order valence-corrected chi connectivity index (χ1v) is 4.76. The predicted octanol–water partition coefficient (Wildman–Crippen LogP) is 3.64. The highest BCUT2D eigenvalue weighted by atomic mass is 35.5. The topological polar surface area (TPSA) is 29.5 Å². The van der Waals surface area contributed by atoms with Gasteiger partial charge in [-0.1, -0.05) is 17.7 Å². The number of hydrogen-bond acceptors (Lipinski definition) is 2. The molecule has 0 aliphatic rings.